The van der Waals surface area contributed by atoms with Gasteiger partial charge in [-0.25, -0.2) is 4.18 Å². The maximum Gasteiger partial charge on any atom is 0.397 e. The zero-order chi connectivity index (χ0) is 57.5. The summed E-state index contributed by atoms with van der Waals surface area (Å²) in [7, 11) is -5.09. The summed E-state index contributed by atoms with van der Waals surface area (Å²) in [5, 5.41) is 45.1. The number of hydrogen-bond acceptors (Lipinski definition) is 10. The Balaban J connectivity index is 2.23. The van der Waals surface area contributed by atoms with Crippen molar-refractivity contribution in [2.45, 2.75) is 378 Å². The first-order chi connectivity index (χ1) is 38.5. The van der Waals surface area contributed by atoms with Crippen molar-refractivity contribution in [1.29, 1.82) is 0 Å². The van der Waals surface area contributed by atoms with Crippen LogP contribution in [0.3, 0.4) is 0 Å². The number of nitrogens with one attached hydrogen (secondary N) is 1. The van der Waals surface area contributed by atoms with E-state index in [1.54, 1.807) is 6.08 Å². The zero-order valence-corrected chi connectivity index (χ0v) is 52.0. The highest BCUT2D eigenvalue weighted by Crippen LogP contribution is 2.26. The molecule has 1 amide bonds. The molecule has 1 saturated heterocycles. The molecule has 0 spiro atoms. The van der Waals surface area contributed by atoms with Gasteiger partial charge in [0.25, 0.3) is 0 Å². The molecule has 7 atom stereocenters. The molecule has 468 valence electrons. The smallest absolute Gasteiger partial charge is 0.394 e. The number of aliphatic hydroxyl groups is 4. The summed E-state index contributed by atoms with van der Waals surface area (Å²) < 4.78 is 48.0. The van der Waals surface area contributed by atoms with Crippen LogP contribution in [0.5, 0.6) is 0 Å². The van der Waals surface area contributed by atoms with Gasteiger partial charge in [0, 0.05) is 6.42 Å². The molecule has 0 aromatic rings. The third kappa shape index (κ3) is 47.6. The second kappa shape index (κ2) is 55.8. The van der Waals surface area contributed by atoms with Crippen molar-refractivity contribution in [2.75, 3.05) is 13.2 Å². The standard InChI is InChI=1S/C66H127NO11S/c1-3-5-7-9-11-13-15-17-19-21-23-24-25-26-27-28-29-30-31-32-33-34-35-36-38-40-42-44-46-48-50-52-54-56-62(70)67-59(58-76-66-64(72)65(78-79(73,74)75)63(71)61(57-68)77-66)60(69)55-53-51-49-47-45-43-41-39-37-22-20-18-16-14-12-10-8-6-4-2/h26-27,53,55,59-61,63-66,68-69,71-72H,3-25,28-52,54,56-58H2,1-2H3,(H,67,70)(H,73,74,75)/b27-26-,55-53+. The van der Waals surface area contributed by atoms with Crippen molar-refractivity contribution in [3.05, 3.63) is 24.3 Å². The second-order valence-corrected chi connectivity index (χ2v) is 24.8. The molecule has 1 rings (SSSR count). The van der Waals surface area contributed by atoms with Crippen LogP contribution in [-0.2, 0) is 28.9 Å². The summed E-state index contributed by atoms with van der Waals surface area (Å²) in [5.74, 6) is -0.256. The molecule has 0 radical (unpaired) electrons. The van der Waals surface area contributed by atoms with Gasteiger partial charge in [0.15, 0.2) is 6.29 Å². The highest BCUT2D eigenvalue weighted by Gasteiger charge is 2.48. The van der Waals surface area contributed by atoms with Gasteiger partial charge in [0.05, 0.1) is 25.4 Å². The van der Waals surface area contributed by atoms with E-state index in [9.17, 15) is 38.2 Å². The van der Waals surface area contributed by atoms with Gasteiger partial charge >= 0.3 is 10.4 Å². The minimum absolute atomic E-state index is 0.256. The molecule has 79 heavy (non-hydrogen) atoms. The van der Waals surface area contributed by atoms with Gasteiger partial charge in [-0.2, -0.15) is 8.42 Å². The number of ether oxygens (including phenoxy) is 2. The van der Waals surface area contributed by atoms with Crippen LogP contribution < -0.4 is 5.32 Å². The zero-order valence-electron chi connectivity index (χ0n) is 51.2. The van der Waals surface area contributed by atoms with Crippen molar-refractivity contribution >= 4 is 16.3 Å². The first-order valence-corrected chi connectivity index (χ1v) is 35.1. The van der Waals surface area contributed by atoms with Gasteiger partial charge in [0.1, 0.15) is 24.4 Å². The Morgan fingerprint density at radius 3 is 1.14 bits per heavy atom. The molecule has 1 aliphatic rings. The molecule has 7 unspecified atom stereocenters. The average Bonchev–Trinajstić information content (AvgIpc) is 3.45. The van der Waals surface area contributed by atoms with Crippen LogP contribution in [0, 0.1) is 0 Å². The molecule has 1 aliphatic heterocycles. The molecule has 6 N–H and O–H groups in total. The lowest BCUT2D eigenvalue weighted by atomic mass is 9.99. The minimum Gasteiger partial charge on any atom is -0.394 e. The lowest BCUT2D eigenvalue weighted by Gasteiger charge is -2.41. The largest absolute Gasteiger partial charge is 0.397 e. The summed E-state index contributed by atoms with van der Waals surface area (Å²) in [6, 6.07) is -0.943. The van der Waals surface area contributed by atoms with E-state index < -0.39 is 59.9 Å². The van der Waals surface area contributed by atoms with Crippen LogP contribution in [0.25, 0.3) is 0 Å². The van der Waals surface area contributed by atoms with Crippen LogP contribution in [0.1, 0.15) is 335 Å². The Bertz CT molecular complexity index is 1480. The van der Waals surface area contributed by atoms with Gasteiger partial charge in [0.2, 0.25) is 5.91 Å². The van der Waals surface area contributed by atoms with Crippen LogP contribution in [0.2, 0.25) is 0 Å². The van der Waals surface area contributed by atoms with Gasteiger partial charge in [-0.05, 0) is 44.9 Å². The highest BCUT2D eigenvalue weighted by atomic mass is 32.3. The number of unbranched alkanes of at least 4 members (excludes halogenated alkanes) is 46. The van der Waals surface area contributed by atoms with Crippen molar-refractivity contribution in [3.8, 4) is 0 Å². The number of aliphatic hydroxyl groups excluding tert-OH is 4. The number of rotatable bonds is 60. The van der Waals surface area contributed by atoms with Gasteiger partial charge < -0.3 is 35.2 Å². The van der Waals surface area contributed by atoms with E-state index in [2.05, 4.69) is 35.5 Å². The molecule has 0 saturated carbocycles. The fourth-order valence-electron chi connectivity index (χ4n) is 11.0. The van der Waals surface area contributed by atoms with Crippen molar-refractivity contribution in [3.63, 3.8) is 0 Å². The predicted octanol–water partition coefficient (Wildman–Crippen LogP) is 17.1. The van der Waals surface area contributed by atoms with E-state index in [1.807, 2.05) is 6.08 Å². The highest BCUT2D eigenvalue weighted by molar-refractivity contribution is 7.80. The SMILES string of the molecule is CCCCCCCCCCCCCC/C=C\CCCCCCCCCCCCCCCCCCCC(=O)NC(COC1OC(CO)C(O)C(OS(=O)(=O)O)C1O)C(O)/C=C/CCCCCCCCCCCCCCCCCCC. The lowest BCUT2D eigenvalue weighted by molar-refractivity contribution is -0.298. The molecule has 0 aromatic carbocycles. The predicted molar refractivity (Wildman–Crippen MR) is 329 cm³/mol. The van der Waals surface area contributed by atoms with E-state index in [0.29, 0.717) is 6.42 Å². The van der Waals surface area contributed by atoms with Crippen LogP contribution >= 0.6 is 0 Å². The lowest BCUT2D eigenvalue weighted by Crippen LogP contribution is -2.61. The van der Waals surface area contributed by atoms with E-state index in [4.69, 9.17) is 9.47 Å². The molecule has 13 heteroatoms. The number of amides is 1. The number of allylic oxidation sites excluding steroid dienone is 3. The quantitative estimate of drug-likeness (QED) is 0.0193. The van der Waals surface area contributed by atoms with E-state index >= 15 is 0 Å². The Morgan fingerprint density at radius 2 is 0.810 bits per heavy atom. The van der Waals surface area contributed by atoms with E-state index in [-0.39, 0.29) is 18.9 Å². The molecule has 0 aliphatic carbocycles. The summed E-state index contributed by atoms with van der Waals surface area (Å²) in [6.07, 6.45) is 62.5. The molecule has 0 aromatic heterocycles. The Hall–Kier alpha value is -1.42. The Labute approximate surface area is 486 Å². The summed E-state index contributed by atoms with van der Waals surface area (Å²) in [5.41, 5.74) is 0. The molecular weight excluding hydrogens is 1010 g/mol. The summed E-state index contributed by atoms with van der Waals surface area (Å²) >= 11 is 0. The van der Waals surface area contributed by atoms with Crippen molar-refractivity contribution in [1.82, 2.24) is 5.32 Å². The number of carbonyl (C=O) groups is 1. The first-order valence-electron chi connectivity index (χ1n) is 33.7. The second-order valence-electron chi connectivity index (χ2n) is 23.8. The molecule has 1 fully saturated rings. The third-order valence-electron chi connectivity index (χ3n) is 16.2. The summed E-state index contributed by atoms with van der Waals surface area (Å²) in [6.45, 7) is 3.45. The van der Waals surface area contributed by atoms with Crippen LogP contribution in [0.4, 0.5) is 0 Å². The van der Waals surface area contributed by atoms with Crippen LogP contribution in [-0.4, -0.2) is 95.4 Å². The summed E-state index contributed by atoms with van der Waals surface area (Å²) in [4.78, 5) is 13.2. The monoisotopic (exact) mass is 1140 g/mol. The number of hydrogen-bond donors (Lipinski definition) is 6. The first kappa shape index (κ1) is 75.6. The maximum atomic E-state index is 13.2. The van der Waals surface area contributed by atoms with E-state index in [0.717, 1.165) is 38.5 Å². The maximum absolute atomic E-state index is 13.2. The molecule has 0 bridgehead atoms. The van der Waals surface area contributed by atoms with Gasteiger partial charge in [-0.1, -0.05) is 308 Å². The van der Waals surface area contributed by atoms with Crippen molar-refractivity contribution in [2.24, 2.45) is 0 Å². The third-order valence-corrected chi connectivity index (χ3v) is 16.7. The normalized spacial score (nSPS) is 18.8. The molecule has 1 heterocycles. The molecular formula is C66H127NO11S. The van der Waals surface area contributed by atoms with Gasteiger partial charge in [-0.15, -0.1) is 0 Å². The van der Waals surface area contributed by atoms with Crippen molar-refractivity contribution < 1.29 is 51.8 Å². The topological polar surface area (TPSA) is 192 Å². The average molecular weight is 1140 g/mol. The fourth-order valence-corrected chi connectivity index (χ4v) is 11.6. The van der Waals surface area contributed by atoms with Crippen LogP contribution in [0.15, 0.2) is 24.3 Å². The minimum atomic E-state index is -5.09. The van der Waals surface area contributed by atoms with Gasteiger partial charge in [-0.3, -0.25) is 9.35 Å². The van der Waals surface area contributed by atoms with E-state index in [1.165, 1.54) is 270 Å². The Morgan fingerprint density at radius 1 is 0.494 bits per heavy atom. The molecule has 12 nitrogen and oxygen atoms in total. The number of carbonyl (C=O) groups excluding carboxylic acids is 1. The fraction of sp³-hybridized carbons (Fsp3) is 0.924. The Kier molecular flexibility index (Phi) is 53.3.